The minimum atomic E-state index is -0.507. The van der Waals surface area contributed by atoms with Crippen LogP contribution in [0.1, 0.15) is 34.3 Å². The number of nitrogens with one attached hydrogen (secondary N) is 1. The van der Waals surface area contributed by atoms with Crippen molar-refractivity contribution in [2.24, 2.45) is 7.05 Å². The summed E-state index contributed by atoms with van der Waals surface area (Å²) in [7, 11) is 1.59. The fourth-order valence-corrected chi connectivity index (χ4v) is 5.37. The zero-order valence-electron chi connectivity index (χ0n) is 19.1. The molecule has 1 unspecified atom stereocenters. The van der Waals surface area contributed by atoms with Crippen LogP contribution in [0, 0.1) is 11.3 Å². The molecular weight excluding hydrogens is 468 g/mol. The van der Waals surface area contributed by atoms with Gasteiger partial charge < -0.3 is 24.5 Å². The number of ether oxygens (including phenoxy) is 2. The van der Waals surface area contributed by atoms with Crippen LogP contribution >= 0.6 is 11.8 Å². The normalized spacial score (nSPS) is 19.7. The van der Waals surface area contributed by atoms with E-state index in [1.807, 2.05) is 0 Å². The van der Waals surface area contributed by atoms with Gasteiger partial charge in [-0.1, -0.05) is 12.1 Å². The summed E-state index contributed by atoms with van der Waals surface area (Å²) in [5.74, 6) is 0.0119. The maximum absolute atomic E-state index is 13.1. The number of amides is 1. The average Bonchev–Trinajstić information content (AvgIpc) is 3.82. The zero-order valence-corrected chi connectivity index (χ0v) is 19.9. The van der Waals surface area contributed by atoms with E-state index in [0.717, 1.165) is 18.4 Å². The number of aromatic nitrogens is 2. The molecule has 3 heterocycles. The molecule has 180 valence electrons. The van der Waals surface area contributed by atoms with Crippen molar-refractivity contribution in [3.8, 4) is 11.8 Å². The third kappa shape index (κ3) is 4.75. The van der Waals surface area contributed by atoms with Crippen LogP contribution in [0.4, 0.5) is 0 Å². The molecule has 9 nitrogen and oxygen atoms in total. The molecular formula is C25H24N4O5S. The molecule has 2 aromatic heterocycles. The number of carbonyl (C=O) groups excluding carboxylic acids is 1. The van der Waals surface area contributed by atoms with Gasteiger partial charge in [0.1, 0.15) is 23.4 Å². The third-order valence-corrected chi connectivity index (χ3v) is 7.95. The maximum atomic E-state index is 13.1. The molecule has 5 rings (SSSR count). The second kappa shape index (κ2) is 9.00. The smallest absolute Gasteiger partial charge is 0.263 e. The van der Waals surface area contributed by atoms with Crippen LogP contribution in [0.15, 0.2) is 47.4 Å². The molecule has 35 heavy (non-hydrogen) atoms. The van der Waals surface area contributed by atoms with E-state index in [9.17, 15) is 14.7 Å². The number of benzene rings is 1. The fraction of sp³-hybridized carbons (Fsp3) is 0.360. The van der Waals surface area contributed by atoms with E-state index in [0.29, 0.717) is 35.6 Å². The lowest BCUT2D eigenvalue weighted by molar-refractivity contribution is 0.0949. The maximum Gasteiger partial charge on any atom is 0.263 e. The summed E-state index contributed by atoms with van der Waals surface area (Å²) < 4.78 is 12.8. The highest BCUT2D eigenvalue weighted by Gasteiger charge is 2.57. The predicted molar refractivity (Wildman–Crippen MR) is 130 cm³/mol. The topological polar surface area (TPSA) is 130 Å². The van der Waals surface area contributed by atoms with Crippen molar-refractivity contribution in [2.75, 3.05) is 19.8 Å². The summed E-state index contributed by atoms with van der Waals surface area (Å²) in [4.78, 5) is 29.7. The molecule has 1 amide bonds. The quantitative estimate of drug-likeness (QED) is 0.435. The van der Waals surface area contributed by atoms with Gasteiger partial charge in [-0.15, -0.1) is 11.8 Å². The van der Waals surface area contributed by atoms with E-state index < -0.39 is 16.4 Å². The minimum absolute atomic E-state index is 0.0108. The van der Waals surface area contributed by atoms with E-state index in [1.54, 1.807) is 55.3 Å². The number of aryl methyl sites for hydroxylation is 1. The van der Waals surface area contributed by atoms with Crippen molar-refractivity contribution in [1.29, 1.82) is 5.26 Å². The van der Waals surface area contributed by atoms with Crippen molar-refractivity contribution in [3.63, 3.8) is 0 Å². The second-order valence-electron chi connectivity index (χ2n) is 8.89. The number of nitriles is 1. The summed E-state index contributed by atoms with van der Waals surface area (Å²) in [6, 6.07) is 12.1. The van der Waals surface area contributed by atoms with E-state index in [2.05, 4.69) is 16.4 Å². The molecule has 0 spiro atoms. The Bertz CT molecular complexity index is 1390. The van der Waals surface area contributed by atoms with Gasteiger partial charge in [0.25, 0.3) is 11.5 Å². The van der Waals surface area contributed by atoms with E-state index in [1.165, 1.54) is 10.6 Å². The van der Waals surface area contributed by atoms with Crippen molar-refractivity contribution in [2.45, 2.75) is 29.1 Å². The van der Waals surface area contributed by atoms with Crippen LogP contribution in [0.2, 0.25) is 0 Å². The number of aliphatic hydroxyl groups is 1. The molecule has 2 aliphatic rings. The number of pyridine rings is 2. The highest BCUT2D eigenvalue weighted by molar-refractivity contribution is 8.02. The van der Waals surface area contributed by atoms with Gasteiger partial charge in [-0.2, -0.15) is 5.26 Å². The van der Waals surface area contributed by atoms with Gasteiger partial charge in [0.05, 0.1) is 35.1 Å². The molecule has 0 bridgehead atoms. The molecule has 1 saturated heterocycles. The highest BCUT2D eigenvalue weighted by Crippen LogP contribution is 2.57. The Labute approximate surface area is 205 Å². The molecule has 1 aromatic carbocycles. The number of aliphatic hydroxyl groups excluding tert-OH is 1. The Morgan fingerprint density at radius 1 is 1.34 bits per heavy atom. The van der Waals surface area contributed by atoms with Gasteiger partial charge in [0, 0.05) is 25.9 Å². The molecule has 10 heteroatoms. The van der Waals surface area contributed by atoms with Gasteiger partial charge in [-0.05, 0) is 36.6 Å². The molecule has 1 saturated carbocycles. The van der Waals surface area contributed by atoms with Crippen LogP contribution in [0.25, 0.3) is 11.0 Å². The van der Waals surface area contributed by atoms with Gasteiger partial charge >= 0.3 is 0 Å². The Kier molecular flexibility index (Phi) is 6.01. The van der Waals surface area contributed by atoms with Crippen LogP contribution in [0.5, 0.6) is 5.75 Å². The first-order valence-corrected chi connectivity index (χ1v) is 12.0. The Balaban J connectivity index is 1.33. The molecule has 3 aromatic rings. The lowest BCUT2D eigenvalue weighted by Crippen LogP contribution is -2.32. The standard InChI is InChI=1S/C25H24N4O5S/c1-29-21-19(10-18(23(29)32)22(31)28-12-17-4-2-16(11-26)3-5-17)27-9-6-20(21)33-14-24(7-8-24)35-25(13-30)15-34-25/h2-6,9-10,30H,7-8,12-15H2,1H3,(H,28,31). The first-order valence-electron chi connectivity index (χ1n) is 11.2. The Morgan fingerprint density at radius 3 is 2.71 bits per heavy atom. The minimum Gasteiger partial charge on any atom is -0.490 e. The molecule has 1 atom stereocenters. The first kappa shape index (κ1) is 23.4. The Hall–Kier alpha value is -3.39. The van der Waals surface area contributed by atoms with Crippen molar-refractivity contribution in [1.82, 2.24) is 14.9 Å². The molecule has 1 aliphatic carbocycles. The summed E-state index contributed by atoms with van der Waals surface area (Å²) in [6.45, 7) is 1.16. The van der Waals surface area contributed by atoms with Crippen molar-refractivity contribution < 1.29 is 19.4 Å². The lowest BCUT2D eigenvalue weighted by Gasteiger charge is -2.20. The zero-order chi connectivity index (χ0) is 24.6. The summed E-state index contributed by atoms with van der Waals surface area (Å²) in [5, 5.41) is 21.2. The number of thioether (sulfide) groups is 1. The number of rotatable bonds is 9. The first-order chi connectivity index (χ1) is 16.9. The average molecular weight is 493 g/mol. The van der Waals surface area contributed by atoms with Crippen molar-refractivity contribution in [3.05, 3.63) is 69.6 Å². The second-order valence-corrected chi connectivity index (χ2v) is 10.7. The number of hydrogen-bond donors (Lipinski definition) is 2. The number of nitrogens with zero attached hydrogens (tertiary/aromatic N) is 3. The molecule has 2 fully saturated rings. The van der Waals surface area contributed by atoms with Gasteiger partial charge in [-0.25, -0.2) is 0 Å². The van der Waals surface area contributed by atoms with Crippen molar-refractivity contribution >= 4 is 28.7 Å². The molecule has 0 radical (unpaired) electrons. The van der Waals surface area contributed by atoms with Gasteiger partial charge in [0.15, 0.2) is 4.93 Å². The van der Waals surface area contributed by atoms with E-state index in [-0.39, 0.29) is 23.5 Å². The number of epoxide rings is 1. The largest absolute Gasteiger partial charge is 0.490 e. The molecule has 1 aliphatic heterocycles. The van der Waals surface area contributed by atoms with Gasteiger partial charge in [-0.3, -0.25) is 14.6 Å². The van der Waals surface area contributed by atoms with E-state index in [4.69, 9.17) is 14.7 Å². The summed E-state index contributed by atoms with van der Waals surface area (Å²) in [5.41, 5.74) is 1.88. The van der Waals surface area contributed by atoms with E-state index >= 15 is 0 Å². The Morgan fingerprint density at radius 2 is 2.09 bits per heavy atom. The molecule has 2 N–H and O–H groups in total. The van der Waals surface area contributed by atoms with Gasteiger partial charge in [0.2, 0.25) is 0 Å². The van der Waals surface area contributed by atoms with Crippen LogP contribution in [0.3, 0.4) is 0 Å². The summed E-state index contributed by atoms with van der Waals surface area (Å²) >= 11 is 1.62. The van der Waals surface area contributed by atoms with Crippen LogP contribution < -0.4 is 15.6 Å². The van der Waals surface area contributed by atoms with Crippen LogP contribution in [-0.4, -0.2) is 50.1 Å². The highest BCUT2D eigenvalue weighted by atomic mass is 32.2. The SMILES string of the molecule is Cn1c(=O)c(C(=O)NCc2ccc(C#N)cc2)cc2nccc(OCC3(SC4(CO)CO4)CC3)c21. The monoisotopic (exact) mass is 492 g/mol. The number of hydrogen-bond acceptors (Lipinski definition) is 8. The summed E-state index contributed by atoms with van der Waals surface area (Å²) in [6.07, 6.45) is 3.52. The number of fused-ring (bicyclic) bond motifs is 1. The predicted octanol–water partition coefficient (Wildman–Crippen LogP) is 2.10. The number of carbonyl (C=O) groups is 1. The lowest BCUT2D eigenvalue weighted by atomic mass is 10.1. The fourth-order valence-electron chi connectivity index (χ4n) is 3.91. The van der Waals surface area contributed by atoms with Crippen LogP contribution in [-0.2, 0) is 18.3 Å². The third-order valence-electron chi connectivity index (χ3n) is 6.26.